The van der Waals surface area contributed by atoms with E-state index in [4.69, 9.17) is 0 Å². The van der Waals surface area contributed by atoms with Crippen molar-refractivity contribution >= 4 is 17.8 Å². The van der Waals surface area contributed by atoms with Crippen molar-refractivity contribution in [3.8, 4) is 0 Å². The van der Waals surface area contributed by atoms with Gasteiger partial charge in [-0.25, -0.2) is 0 Å². The Hall–Kier alpha value is -1.28. The highest BCUT2D eigenvalue weighted by molar-refractivity contribution is 6.39. The Morgan fingerprint density at radius 1 is 1.04 bits per heavy atom. The molecule has 0 amide bonds. The first kappa shape index (κ1) is 16.2. The maximum Gasteiger partial charge on any atom is 0.337 e. The predicted molar refractivity (Wildman–Crippen MR) is 90.3 cm³/mol. The molecule has 4 nitrogen and oxygen atoms in total. The molecule has 130 valence electrons. The lowest BCUT2D eigenvalue weighted by atomic mass is 9.44. The smallest absolute Gasteiger partial charge is 0.337 e. The van der Waals surface area contributed by atoms with Crippen molar-refractivity contribution in [2.24, 2.45) is 40.4 Å². The van der Waals surface area contributed by atoms with Gasteiger partial charge in [-0.05, 0) is 73.5 Å². The van der Waals surface area contributed by atoms with E-state index in [1.807, 2.05) is 0 Å². The molecule has 0 aromatic carbocycles. The highest BCUT2D eigenvalue weighted by atomic mass is 16.1. The van der Waals surface area contributed by atoms with Gasteiger partial charge >= 0.3 is 5.71 Å². The minimum atomic E-state index is 0.0426. The molecule has 4 rings (SSSR count). The molecule has 0 saturated heterocycles. The van der Waals surface area contributed by atoms with E-state index in [2.05, 4.69) is 18.6 Å². The number of carbonyl (C=O) groups excluding carboxylic acids is 2. The molecule has 0 radical (unpaired) electrons. The molecule has 4 fully saturated rings. The van der Waals surface area contributed by atoms with Crippen LogP contribution in [0, 0.1) is 40.4 Å². The molecule has 24 heavy (non-hydrogen) atoms. The van der Waals surface area contributed by atoms with Crippen molar-refractivity contribution in [2.45, 2.75) is 65.2 Å². The van der Waals surface area contributed by atoms with Gasteiger partial charge in [-0.15, -0.1) is 0 Å². The maximum atomic E-state index is 12.2. The number of hydrogen-bond donors (Lipinski definition) is 0. The summed E-state index contributed by atoms with van der Waals surface area (Å²) in [5, 5.41) is 0. The van der Waals surface area contributed by atoms with Gasteiger partial charge in [0.2, 0.25) is 5.78 Å². The number of ketones is 1. The number of aldehydes is 1. The van der Waals surface area contributed by atoms with Crippen LogP contribution in [0.5, 0.6) is 0 Å². The monoisotopic (exact) mass is 328 g/mol. The van der Waals surface area contributed by atoms with Crippen LogP contribution >= 0.6 is 0 Å². The van der Waals surface area contributed by atoms with Crippen LogP contribution in [-0.2, 0) is 9.59 Å². The van der Waals surface area contributed by atoms with E-state index in [9.17, 15) is 15.1 Å². The Bertz CT molecular complexity index is 638. The van der Waals surface area contributed by atoms with Crippen molar-refractivity contribution in [1.82, 2.24) is 0 Å². The second kappa shape index (κ2) is 5.36. The lowest BCUT2D eigenvalue weighted by Gasteiger charge is -2.58. The average molecular weight is 328 g/mol. The number of fused-ring (bicyclic) bond motifs is 5. The summed E-state index contributed by atoms with van der Waals surface area (Å²) in [6.45, 7) is 4.68. The van der Waals surface area contributed by atoms with Crippen LogP contribution in [-0.4, -0.2) is 22.6 Å². The second-order valence-electron chi connectivity index (χ2n) is 9.29. The molecule has 7 atom stereocenters. The van der Waals surface area contributed by atoms with Gasteiger partial charge in [0.15, 0.2) is 0 Å². The van der Waals surface area contributed by atoms with Gasteiger partial charge in [-0.3, -0.25) is 4.79 Å². The van der Waals surface area contributed by atoms with Gasteiger partial charge in [-0.2, -0.15) is 4.79 Å². The van der Waals surface area contributed by atoms with Gasteiger partial charge in [0, 0.05) is 12.3 Å². The van der Waals surface area contributed by atoms with Gasteiger partial charge in [-0.1, -0.05) is 13.8 Å². The van der Waals surface area contributed by atoms with Crippen molar-refractivity contribution in [1.29, 1.82) is 0 Å². The largest absolute Gasteiger partial charge is 0.361 e. The number of hydrogen-bond acceptors (Lipinski definition) is 2. The first-order chi connectivity index (χ1) is 11.5. The summed E-state index contributed by atoms with van der Waals surface area (Å²) in [5.41, 5.74) is 10.1. The van der Waals surface area contributed by atoms with Gasteiger partial charge in [0.1, 0.15) is 6.29 Å². The number of rotatable bonds is 1. The fourth-order valence-electron chi connectivity index (χ4n) is 7.36. The molecular weight excluding hydrogens is 300 g/mol. The summed E-state index contributed by atoms with van der Waals surface area (Å²) < 4.78 is 0. The highest BCUT2D eigenvalue weighted by Crippen LogP contribution is 2.66. The molecule has 4 saturated carbocycles. The van der Waals surface area contributed by atoms with E-state index in [0.29, 0.717) is 29.9 Å². The summed E-state index contributed by atoms with van der Waals surface area (Å²) >= 11 is 0. The molecule has 0 heterocycles. The summed E-state index contributed by atoms with van der Waals surface area (Å²) in [5.74, 6) is 2.32. The van der Waals surface area contributed by atoms with Crippen molar-refractivity contribution in [3.63, 3.8) is 0 Å². The Labute approximate surface area is 144 Å². The second-order valence-corrected chi connectivity index (χ2v) is 9.29. The molecule has 2 unspecified atom stereocenters. The lowest BCUT2D eigenvalue weighted by molar-refractivity contribution is -0.134. The molecule has 0 aromatic heterocycles. The first-order valence-corrected chi connectivity index (χ1v) is 9.66. The van der Waals surface area contributed by atoms with Crippen LogP contribution in [0.1, 0.15) is 65.2 Å². The predicted octanol–water partition coefficient (Wildman–Crippen LogP) is 3.69. The molecule has 0 N–H and O–H groups in total. The molecule has 0 bridgehead atoms. The van der Waals surface area contributed by atoms with E-state index in [0.717, 1.165) is 38.5 Å². The minimum absolute atomic E-state index is 0.0426. The molecular formula is C20H28N2O2. The third-order valence-corrected chi connectivity index (χ3v) is 8.72. The summed E-state index contributed by atoms with van der Waals surface area (Å²) in [6.07, 6.45) is 9.25. The SMILES string of the molecule is C[C@]12CCC(=O)C(=[N+]=[N-])C1CC[C@@H]1[C@H]2CC[C@]2(C)C(C=O)CC[C@@H]12. The van der Waals surface area contributed by atoms with Crippen LogP contribution in [0.25, 0.3) is 5.53 Å². The van der Waals surface area contributed by atoms with Gasteiger partial charge in [0.25, 0.3) is 0 Å². The molecule has 4 aliphatic carbocycles. The minimum Gasteiger partial charge on any atom is -0.361 e. The fourth-order valence-corrected chi connectivity index (χ4v) is 7.36. The van der Waals surface area contributed by atoms with Crippen molar-refractivity contribution in [2.75, 3.05) is 0 Å². The number of nitrogens with zero attached hydrogens (tertiary/aromatic N) is 2. The third kappa shape index (κ3) is 1.92. The topological polar surface area (TPSA) is 70.5 Å². The van der Waals surface area contributed by atoms with E-state index in [1.165, 1.54) is 12.7 Å². The molecule has 4 heteroatoms. The van der Waals surface area contributed by atoms with Crippen LogP contribution in [0.4, 0.5) is 0 Å². The Kier molecular flexibility index (Phi) is 3.62. The van der Waals surface area contributed by atoms with Crippen LogP contribution in [0.15, 0.2) is 0 Å². The quantitative estimate of drug-likeness (QED) is 0.418. The summed E-state index contributed by atoms with van der Waals surface area (Å²) in [6, 6.07) is 0. The Morgan fingerprint density at radius 3 is 2.50 bits per heavy atom. The first-order valence-electron chi connectivity index (χ1n) is 9.66. The van der Waals surface area contributed by atoms with E-state index in [-0.39, 0.29) is 28.4 Å². The van der Waals surface area contributed by atoms with E-state index >= 15 is 0 Å². The zero-order valence-electron chi connectivity index (χ0n) is 14.8. The maximum absolute atomic E-state index is 12.2. The van der Waals surface area contributed by atoms with Crippen molar-refractivity contribution < 1.29 is 14.4 Å². The fraction of sp³-hybridized carbons (Fsp3) is 0.850. The highest BCUT2D eigenvalue weighted by Gasteiger charge is 2.62. The number of carbonyl (C=O) groups is 2. The van der Waals surface area contributed by atoms with Crippen LogP contribution in [0.2, 0.25) is 0 Å². The van der Waals surface area contributed by atoms with Crippen molar-refractivity contribution in [3.05, 3.63) is 5.53 Å². The van der Waals surface area contributed by atoms with E-state index in [1.54, 1.807) is 0 Å². The van der Waals surface area contributed by atoms with Gasteiger partial charge < -0.3 is 10.3 Å². The Morgan fingerprint density at radius 2 is 1.79 bits per heavy atom. The summed E-state index contributed by atoms with van der Waals surface area (Å²) in [4.78, 5) is 27.1. The molecule has 4 aliphatic rings. The van der Waals surface area contributed by atoms with Crippen LogP contribution in [0.3, 0.4) is 0 Å². The third-order valence-electron chi connectivity index (χ3n) is 8.72. The standard InChI is InChI=1S/C20H28N2O2/c1-19-9-7-15-13(14(19)5-3-12(19)11-23)4-6-16-18(22-21)17(24)8-10-20(15,16)2/h11-16H,3-10H2,1-2H3/t12?,13-,14-,15+,16?,19+,20+/m0/s1. The average Bonchev–Trinajstić information content (AvgIpc) is 2.91. The molecule has 0 aliphatic heterocycles. The molecule has 0 aromatic rings. The number of Topliss-reactive ketones (excluding diaryl/α,β-unsaturated/α-hetero) is 1. The van der Waals surface area contributed by atoms with Gasteiger partial charge in [0.05, 0.1) is 5.92 Å². The Balaban J connectivity index is 1.68. The molecule has 0 spiro atoms. The van der Waals surface area contributed by atoms with E-state index < -0.39 is 0 Å². The zero-order valence-corrected chi connectivity index (χ0v) is 14.8. The summed E-state index contributed by atoms with van der Waals surface area (Å²) in [7, 11) is 0. The van der Waals surface area contributed by atoms with Crippen LogP contribution < -0.4 is 0 Å². The normalized spacial score (nSPS) is 50.5. The zero-order chi connectivity index (χ0) is 17.1. The lowest BCUT2D eigenvalue weighted by Crippen LogP contribution is -2.56.